The van der Waals surface area contributed by atoms with Gasteiger partial charge in [0, 0.05) is 6.42 Å². The van der Waals surface area contributed by atoms with Crippen LogP contribution < -0.4 is 5.32 Å². The summed E-state index contributed by atoms with van der Waals surface area (Å²) in [5.41, 5.74) is 0. The van der Waals surface area contributed by atoms with Crippen LogP contribution in [0.1, 0.15) is 373 Å². The Bertz CT molecular complexity index is 2120. The number of ether oxygens (including phenoxy) is 4. The third-order valence-electron chi connectivity index (χ3n) is 20.7. The number of nitrogens with one attached hydrogen (secondary N) is 1. The van der Waals surface area contributed by atoms with Crippen molar-refractivity contribution in [1.82, 2.24) is 5.32 Å². The molecule has 2 aliphatic heterocycles. The zero-order chi connectivity index (χ0) is 75.1. The molecular weight excluding hydrogens is 1300 g/mol. The van der Waals surface area contributed by atoms with E-state index in [0.717, 1.165) is 77.0 Å². The highest BCUT2D eigenvalue weighted by molar-refractivity contribution is 5.76. The minimum Gasteiger partial charge on any atom is -0.394 e. The molecule has 2 heterocycles. The molecule has 0 aromatic rings. The van der Waals surface area contributed by atoms with Crippen molar-refractivity contribution >= 4 is 5.91 Å². The summed E-state index contributed by atoms with van der Waals surface area (Å²) in [5, 5.41) is 87.8. The molecule has 0 aromatic carbocycles. The highest BCUT2D eigenvalue weighted by Crippen LogP contribution is 2.30. The Morgan fingerprint density at radius 2 is 0.673 bits per heavy atom. The van der Waals surface area contributed by atoms with E-state index < -0.39 is 86.8 Å². The first-order chi connectivity index (χ1) is 51.1. The van der Waals surface area contributed by atoms with E-state index >= 15 is 0 Å². The second kappa shape index (κ2) is 72.8. The van der Waals surface area contributed by atoms with Crippen molar-refractivity contribution < 1.29 is 64.6 Å². The van der Waals surface area contributed by atoms with Crippen molar-refractivity contribution in [1.29, 1.82) is 0 Å². The number of rotatable bonds is 73. The van der Waals surface area contributed by atoms with Gasteiger partial charge in [0.25, 0.3) is 0 Å². The van der Waals surface area contributed by atoms with E-state index in [1.165, 1.54) is 263 Å². The topological polar surface area (TPSA) is 228 Å². The summed E-state index contributed by atoms with van der Waals surface area (Å²) in [6.07, 6.45) is 88.0. The number of aliphatic hydroxyl groups is 8. The maximum Gasteiger partial charge on any atom is 0.220 e. The van der Waals surface area contributed by atoms with E-state index in [-0.39, 0.29) is 18.9 Å². The molecule has 0 aromatic heterocycles. The molecule has 0 radical (unpaired) electrons. The first-order valence-corrected chi connectivity index (χ1v) is 43.5. The molecule has 0 saturated carbocycles. The van der Waals surface area contributed by atoms with Gasteiger partial charge >= 0.3 is 0 Å². The molecule has 12 atom stereocenters. The fourth-order valence-electron chi connectivity index (χ4n) is 13.9. The predicted molar refractivity (Wildman–Crippen MR) is 433 cm³/mol. The van der Waals surface area contributed by atoms with E-state index in [1.54, 1.807) is 6.08 Å². The minimum atomic E-state index is -1.80. The Kier molecular flexibility index (Phi) is 67.8. The normalized spacial score (nSPS) is 21.9. The van der Waals surface area contributed by atoms with Crippen LogP contribution in [0.15, 0.2) is 97.2 Å². The molecule has 14 nitrogen and oxygen atoms in total. The quantitative estimate of drug-likeness (QED) is 0.0204. The molecule has 0 spiro atoms. The van der Waals surface area contributed by atoms with Crippen LogP contribution in [0.3, 0.4) is 0 Å². The van der Waals surface area contributed by atoms with Gasteiger partial charge in [-0.1, -0.05) is 374 Å². The Labute approximate surface area is 636 Å². The molecule has 2 saturated heterocycles. The number of aliphatic hydroxyl groups excluding tert-OH is 8. The van der Waals surface area contributed by atoms with Crippen LogP contribution in [0.4, 0.5) is 0 Å². The smallest absolute Gasteiger partial charge is 0.220 e. The van der Waals surface area contributed by atoms with Gasteiger partial charge in [-0.25, -0.2) is 0 Å². The summed E-state index contributed by atoms with van der Waals surface area (Å²) in [6.45, 7) is 2.71. The number of hydrogen-bond donors (Lipinski definition) is 9. The molecule has 9 N–H and O–H groups in total. The van der Waals surface area contributed by atoms with Crippen LogP contribution in [0, 0.1) is 0 Å². The number of allylic oxidation sites excluding steroid dienone is 15. The zero-order valence-electron chi connectivity index (χ0n) is 66.5. The number of unbranched alkanes of at least 4 members (excludes halogenated alkanes) is 46. The van der Waals surface area contributed by atoms with Gasteiger partial charge in [0.05, 0.1) is 32.0 Å². The first kappa shape index (κ1) is 97.0. The van der Waals surface area contributed by atoms with Crippen LogP contribution in [-0.4, -0.2) is 140 Å². The summed E-state index contributed by atoms with van der Waals surface area (Å²) in [5.74, 6) is -0.249. The number of hydrogen-bond acceptors (Lipinski definition) is 13. The van der Waals surface area contributed by atoms with E-state index in [2.05, 4.69) is 104 Å². The Hall–Kier alpha value is -3.09. The van der Waals surface area contributed by atoms with Crippen LogP contribution in [-0.2, 0) is 23.7 Å². The third-order valence-corrected chi connectivity index (χ3v) is 20.7. The molecule has 2 rings (SSSR count). The van der Waals surface area contributed by atoms with Gasteiger partial charge in [-0.3, -0.25) is 4.79 Å². The Morgan fingerprint density at radius 1 is 0.356 bits per heavy atom. The monoisotopic (exact) mass is 1460 g/mol. The molecule has 104 heavy (non-hydrogen) atoms. The second-order valence-corrected chi connectivity index (χ2v) is 30.3. The molecule has 604 valence electrons. The second-order valence-electron chi connectivity index (χ2n) is 30.3. The maximum absolute atomic E-state index is 13.4. The molecule has 14 heteroatoms. The Morgan fingerprint density at radius 3 is 1.06 bits per heavy atom. The van der Waals surface area contributed by atoms with Gasteiger partial charge in [0.15, 0.2) is 12.6 Å². The van der Waals surface area contributed by atoms with E-state index in [4.69, 9.17) is 18.9 Å². The molecular formula is C90H161NO13. The summed E-state index contributed by atoms with van der Waals surface area (Å²) < 4.78 is 22.9. The van der Waals surface area contributed by atoms with Gasteiger partial charge in [0.2, 0.25) is 5.91 Å². The molecule has 2 aliphatic rings. The van der Waals surface area contributed by atoms with E-state index in [0.29, 0.717) is 12.8 Å². The number of amides is 1. The Balaban J connectivity index is 1.60. The van der Waals surface area contributed by atoms with E-state index in [1.807, 2.05) is 6.08 Å². The summed E-state index contributed by atoms with van der Waals surface area (Å²) in [4.78, 5) is 13.4. The van der Waals surface area contributed by atoms with Crippen LogP contribution in [0.5, 0.6) is 0 Å². The summed E-state index contributed by atoms with van der Waals surface area (Å²) in [6, 6.07) is -0.944. The lowest BCUT2D eigenvalue weighted by molar-refractivity contribution is -0.359. The first-order valence-electron chi connectivity index (χ1n) is 43.5. The van der Waals surface area contributed by atoms with Crippen LogP contribution >= 0.6 is 0 Å². The fraction of sp³-hybridized carbons (Fsp3) is 0.811. The molecule has 1 amide bonds. The lowest BCUT2D eigenvalue weighted by atomic mass is 9.97. The van der Waals surface area contributed by atoms with Crippen LogP contribution in [0.2, 0.25) is 0 Å². The minimum absolute atomic E-state index is 0.249. The van der Waals surface area contributed by atoms with Crippen LogP contribution in [0.25, 0.3) is 0 Å². The number of carbonyl (C=O) groups is 1. The molecule has 0 aliphatic carbocycles. The SMILES string of the molecule is CC/C=C\C/C=C\C/C=C\C/C=C\C/C=C\CCCCCCCCCCCCCCCCCCCCCCCC(=O)NC(COC1OC(CO)C(OC2OC(CO)C(O)C(O)C2O)C(O)C1O)C(O)/C=C/CC/C=C/CC/C=C/CCCCCCCCCCCCCCCCCCCCCCCCC. The van der Waals surface area contributed by atoms with Crippen molar-refractivity contribution in [2.75, 3.05) is 19.8 Å². The third kappa shape index (κ3) is 54.5. The average Bonchev–Trinajstić information content (AvgIpc) is 0.790. The van der Waals surface area contributed by atoms with Crippen molar-refractivity contribution in [3.05, 3.63) is 97.2 Å². The maximum atomic E-state index is 13.4. The van der Waals surface area contributed by atoms with Gasteiger partial charge in [-0.2, -0.15) is 0 Å². The molecule has 12 unspecified atom stereocenters. The average molecular weight is 1470 g/mol. The van der Waals surface area contributed by atoms with Crippen molar-refractivity contribution in [3.8, 4) is 0 Å². The van der Waals surface area contributed by atoms with Crippen molar-refractivity contribution in [3.63, 3.8) is 0 Å². The molecule has 2 fully saturated rings. The highest BCUT2D eigenvalue weighted by Gasteiger charge is 2.51. The summed E-state index contributed by atoms with van der Waals surface area (Å²) >= 11 is 0. The molecule has 0 bridgehead atoms. The predicted octanol–water partition coefficient (Wildman–Crippen LogP) is 20.8. The lowest BCUT2D eigenvalue weighted by Gasteiger charge is -2.46. The van der Waals surface area contributed by atoms with Crippen molar-refractivity contribution in [2.45, 2.75) is 447 Å². The highest BCUT2D eigenvalue weighted by atomic mass is 16.7. The van der Waals surface area contributed by atoms with Gasteiger partial charge in [-0.05, 0) is 89.9 Å². The lowest BCUT2D eigenvalue weighted by Crippen LogP contribution is -2.65. The number of carbonyl (C=O) groups excluding carboxylic acids is 1. The largest absolute Gasteiger partial charge is 0.394 e. The zero-order valence-corrected chi connectivity index (χ0v) is 66.5. The van der Waals surface area contributed by atoms with Gasteiger partial charge in [0.1, 0.15) is 48.8 Å². The van der Waals surface area contributed by atoms with Gasteiger partial charge < -0.3 is 65.1 Å². The standard InChI is InChI=1S/C90H161NO13/c1-3-5-7-9-11-13-15-17-19-21-23-25-27-29-31-33-35-37-38-39-40-42-44-46-48-50-52-54-56-58-60-62-64-66-68-70-72-74-82(95)91-78(77-101-89-87(100)85(98)88(81(76-93)103-89)104-90-86(99)84(97)83(96)80(75-92)102-90)79(94)73-71-69-67-65-63-61-59-57-55-53-51-49-47-45-43-41-36-34-32-30-28-26-24-22-20-18-16-14-12-10-8-6-4-2/h5,7,11,13,17,19,23,25,29,31,55,57,63,65,71,73,78-81,83-90,92-94,96-100H,3-4,6,8-10,12,14-16,18,20-22,24,26-28,30,32-54,56,58-62,64,66-70,72,74-77H2,1-2H3,(H,91,95)/b7-5-,13-11-,19-17-,25-23-,31-29-,57-55+,65-63+,73-71+. The summed E-state index contributed by atoms with van der Waals surface area (Å²) in [7, 11) is 0. The fourth-order valence-corrected chi connectivity index (χ4v) is 13.9. The van der Waals surface area contributed by atoms with Crippen molar-refractivity contribution in [2.24, 2.45) is 0 Å². The van der Waals surface area contributed by atoms with E-state index in [9.17, 15) is 45.6 Å². The van der Waals surface area contributed by atoms with Gasteiger partial charge in [-0.15, -0.1) is 0 Å².